The fraction of sp³-hybridized carbons (Fsp3) is 0.500. The number of carbonyl (C=O) groups is 1. The van der Waals surface area contributed by atoms with Gasteiger partial charge in [-0.05, 0) is 32.4 Å². The maximum Gasteiger partial charge on any atom is 0.254 e. The van der Waals surface area contributed by atoms with Crippen molar-refractivity contribution in [2.45, 2.75) is 33.2 Å². The van der Waals surface area contributed by atoms with Crippen LogP contribution in [0.2, 0.25) is 10.3 Å². The maximum atomic E-state index is 12.3. The summed E-state index contributed by atoms with van der Waals surface area (Å²) in [5, 5.41) is 0.474. The van der Waals surface area contributed by atoms with E-state index >= 15 is 0 Å². The third-order valence-corrected chi connectivity index (χ3v) is 2.75. The lowest BCUT2D eigenvalue weighted by atomic mass is 10.2. The SMILES string of the molecule is CCCN(C(=O)c1cc(Cl)nc(Cl)c1)C(C)C. The van der Waals surface area contributed by atoms with Gasteiger partial charge >= 0.3 is 0 Å². The van der Waals surface area contributed by atoms with Crippen LogP contribution < -0.4 is 0 Å². The lowest BCUT2D eigenvalue weighted by Gasteiger charge is -2.26. The van der Waals surface area contributed by atoms with E-state index in [1.165, 1.54) is 0 Å². The van der Waals surface area contributed by atoms with Crippen LogP contribution >= 0.6 is 23.2 Å². The van der Waals surface area contributed by atoms with Crippen molar-refractivity contribution in [1.29, 1.82) is 0 Å². The molecule has 0 saturated heterocycles. The van der Waals surface area contributed by atoms with Gasteiger partial charge in [-0.25, -0.2) is 4.98 Å². The Morgan fingerprint density at radius 3 is 2.29 bits per heavy atom. The Labute approximate surface area is 112 Å². The molecule has 0 aliphatic rings. The fourth-order valence-electron chi connectivity index (χ4n) is 1.59. The summed E-state index contributed by atoms with van der Waals surface area (Å²) in [6.07, 6.45) is 0.913. The molecular formula is C12H16Cl2N2O. The molecule has 0 radical (unpaired) electrons. The monoisotopic (exact) mass is 274 g/mol. The highest BCUT2D eigenvalue weighted by Gasteiger charge is 2.18. The van der Waals surface area contributed by atoms with Gasteiger partial charge in [0.1, 0.15) is 10.3 Å². The molecule has 0 unspecified atom stereocenters. The number of rotatable bonds is 4. The summed E-state index contributed by atoms with van der Waals surface area (Å²) in [6, 6.07) is 3.23. The summed E-state index contributed by atoms with van der Waals surface area (Å²) >= 11 is 11.6. The van der Waals surface area contributed by atoms with Crippen LogP contribution in [0.3, 0.4) is 0 Å². The standard InChI is InChI=1S/C12H16Cl2N2O/c1-4-5-16(8(2)3)12(17)9-6-10(13)15-11(14)7-9/h6-8H,4-5H2,1-3H3. The van der Waals surface area contributed by atoms with E-state index in [-0.39, 0.29) is 22.3 Å². The minimum absolute atomic E-state index is 0.0620. The lowest BCUT2D eigenvalue weighted by Crippen LogP contribution is -2.37. The highest BCUT2D eigenvalue weighted by Crippen LogP contribution is 2.17. The largest absolute Gasteiger partial charge is 0.336 e. The second-order valence-corrected chi connectivity index (χ2v) is 4.87. The molecule has 0 spiro atoms. The van der Waals surface area contributed by atoms with Crippen molar-refractivity contribution in [2.24, 2.45) is 0 Å². The summed E-state index contributed by atoms with van der Waals surface area (Å²) in [4.78, 5) is 17.9. The summed E-state index contributed by atoms with van der Waals surface area (Å²) in [7, 11) is 0. The smallest absolute Gasteiger partial charge is 0.254 e. The van der Waals surface area contributed by atoms with Crippen LogP contribution in [0.25, 0.3) is 0 Å². The van der Waals surface area contributed by atoms with Gasteiger partial charge in [0.2, 0.25) is 0 Å². The molecule has 1 aromatic rings. The number of pyridine rings is 1. The maximum absolute atomic E-state index is 12.3. The molecule has 0 aliphatic heterocycles. The second-order valence-electron chi connectivity index (χ2n) is 4.09. The molecule has 0 fully saturated rings. The van der Waals surface area contributed by atoms with Crippen LogP contribution in [0.1, 0.15) is 37.6 Å². The zero-order valence-electron chi connectivity index (χ0n) is 10.2. The van der Waals surface area contributed by atoms with Gasteiger partial charge < -0.3 is 4.90 Å². The Bertz CT molecular complexity index is 387. The summed E-state index contributed by atoms with van der Waals surface area (Å²) in [6.45, 7) is 6.72. The molecule has 5 heteroatoms. The van der Waals surface area contributed by atoms with Gasteiger partial charge in [0, 0.05) is 18.2 Å². The van der Waals surface area contributed by atoms with Crippen LogP contribution in [0.15, 0.2) is 12.1 Å². The topological polar surface area (TPSA) is 33.2 Å². The van der Waals surface area contributed by atoms with Crippen LogP contribution in [-0.2, 0) is 0 Å². The first-order valence-electron chi connectivity index (χ1n) is 5.59. The molecule has 0 N–H and O–H groups in total. The summed E-state index contributed by atoms with van der Waals surface area (Å²) < 4.78 is 0. The third kappa shape index (κ3) is 3.86. The number of carbonyl (C=O) groups excluding carboxylic acids is 1. The van der Waals surface area contributed by atoms with E-state index in [0.717, 1.165) is 6.42 Å². The van der Waals surface area contributed by atoms with Crippen molar-refractivity contribution >= 4 is 29.1 Å². The Morgan fingerprint density at radius 2 is 1.88 bits per heavy atom. The molecular weight excluding hydrogens is 259 g/mol. The molecule has 1 aromatic heterocycles. The van der Waals surface area contributed by atoms with Crippen LogP contribution in [0, 0.1) is 0 Å². The number of aromatic nitrogens is 1. The first kappa shape index (κ1) is 14.3. The van der Waals surface area contributed by atoms with E-state index in [9.17, 15) is 4.79 Å². The van der Waals surface area contributed by atoms with Gasteiger partial charge in [-0.15, -0.1) is 0 Å². The molecule has 0 aliphatic carbocycles. The van der Waals surface area contributed by atoms with Crippen molar-refractivity contribution < 1.29 is 4.79 Å². The van der Waals surface area contributed by atoms with Crippen molar-refractivity contribution in [2.75, 3.05) is 6.54 Å². The summed E-state index contributed by atoms with van der Waals surface area (Å²) in [5.41, 5.74) is 0.483. The molecule has 1 heterocycles. The Hall–Kier alpha value is -0.800. The quantitative estimate of drug-likeness (QED) is 0.786. The molecule has 0 bridgehead atoms. The average molecular weight is 275 g/mol. The van der Waals surface area contributed by atoms with Gasteiger partial charge in [0.05, 0.1) is 0 Å². The highest BCUT2D eigenvalue weighted by atomic mass is 35.5. The third-order valence-electron chi connectivity index (χ3n) is 2.36. The first-order chi connectivity index (χ1) is 7.95. The van der Waals surface area contributed by atoms with Crippen molar-refractivity contribution in [3.8, 4) is 0 Å². The molecule has 17 heavy (non-hydrogen) atoms. The Kier molecular flexibility index (Phi) is 5.22. The van der Waals surface area contributed by atoms with Crippen molar-refractivity contribution in [1.82, 2.24) is 9.88 Å². The van der Waals surface area contributed by atoms with Crippen LogP contribution in [-0.4, -0.2) is 28.4 Å². The molecule has 0 aromatic carbocycles. The number of amides is 1. The predicted molar refractivity (Wildman–Crippen MR) is 70.7 cm³/mol. The normalized spacial score (nSPS) is 10.7. The molecule has 1 rings (SSSR count). The predicted octanol–water partition coefficient (Wildman–Crippen LogP) is 3.65. The zero-order chi connectivity index (χ0) is 13.0. The number of hydrogen-bond acceptors (Lipinski definition) is 2. The zero-order valence-corrected chi connectivity index (χ0v) is 11.7. The molecule has 3 nitrogen and oxygen atoms in total. The molecule has 94 valence electrons. The van der Waals surface area contributed by atoms with E-state index in [1.54, 1.807) is 17.0 Å². The van der Waals surface area contributed by atoms with Gasteiger partial charge in [-0.1, -0.05) is 30.1 Å². The van der Waals surface area contributed by atoms with E-state index in [0.29, 0.717) is 12.1 Å². The Morgan fingerprint density at radius 1 is 1.35 bits per heavy atom. The summed E-state index contributed by atoms with van der Waals surface area (Å²) in [5.74, 6) is -0.0620. The van der Waals surface area contributed by atoms with Gasteiger partial charge in [0.15, 0.2) is 0 Å². The minimum Gasteiger partial charge on any atom is -0.336 e. The molecule has 1 amide bonds. The van der Waals surface area contributed by atoms with Crippen molar-refractivity contribution in [3.63, 3.8) is 0 Å². The van der Waals surface area contributed by atoms with Gasteiger partial charge in [-0.2, -0.15) is 0 Å². The van der Waals surface area contributed by atoms with E-state index in [1.807, 2.05) is 20.8 Å². The van der Waals surface area contributed by atoms with E-state index in [2.05, 4.69) is 4.98 Å². The molecule has 0 atom stereocenters. The Balaban J connectivity index is 3.00. The second kappa shape index (κ2) is 6.22. The van der Waals surface area contributed by atoms with Crippen molar-refractivity contribution in [3.05, 3.63) is 28.0 Å². The van der Waals surface area contributed by atoms with Gasteiger partial charge in [0.25, 0.3) is 5.91 Å². The lowest BCUT2D eigenvalue weighted by molar-refractivity contribution is 0.0706. The number of nitrogens with zero attached hydrogens (tertiary/aromatic N) is 2. The van der Waals surface area contributed by atoms with E-state index in [4.69, 9.17) is 23.2 Å². The van der Waals surface area contributed by atoms with E-state index < -0.39 is 0 Å². The molecule has 0 saturated carbocycles. The number of hydrogen-bond donors (Lipinski definition) is 0. The average Bonchev–Trinajstić information content (AvgIpc) is 2.23. The highest BCUT2D eigenvalue weighted by molar-refractivity contribution is 6.33. The first-order valence-corrected chi connectivity index (χ1v) is 6.35. The van der Waals surface area contributed by atoms with Gasteiger partial charge in [-0.3, -0.25) is 4.79 Å². The van der Waals surface area contributed by atoms with Crippen LogP contribution in [0.5, 0.6) is 0 Å². The minimum atomic E-state index is -0.0620. The fourth-order valence-corrected chi connectivity index (χ4v) is 2.05. The van der Waals surface area contributed by atoms with Crippen LogP contribution in [0.4, 0.5) is 0 Å². The number of halogens is 2.